The van der Waals surface area contributed by atoms with Crippen LogP contribution in [0.3, 0.4) is 0 Å². The van der Waals surface area contributed by atoms with Crippen LogP contribution in [-0.2, 0) is 16.0 Å². The van der Waals surface area contributed by atoms with Gasteiger partial charge >= 0.3 is 0 Å². The Labute approximate surface area is 172 Å². The fourth-order valence-electron chi connectivity index (χ4n) is 4.40. The molecule has 2 amide bonds. The van der Waals surface area contributed by atoms with E-state index in [1.807, 2.05) is 23.1 Å². The summed E-state index contributed by atoms with van der Waals surface area (Å²) in [6.07, 6.45) is 1.90. The molecule has 0 saturated carbocycles. The van der Waals surface area contributed by atoms with Gasteiger partial charge in [-0.1, -0.05) is 30.3 Å². The number of benzene rings is 2. The Morgan fingerprint density at radius 2 is 1.55 bits per heavy atom. The molecule has 1 saturated heterocycles. The molecule has 0 N–H and O–H groups in total. The molecule has 0 aromatic heterocycles. The average Bonchev–Trinajstić information content (AvgIpc) is 2.75. The van der Waals surface area contributed by atoms with Crippen LogP contribution in [0, 0.1) is 13.8 Å². The van der Waals surface area contributed by atoms with Crippen LogP contribution in [0.4, 0.5) is 11.4 Å². The zero-order chi connectivity index (χ0) is 20.4. The van der Waals surface area contributed by atoms with E-state index in [1.54, 1.807) is 4.90 Å². The molecule has 0 aliphatic carbocycles. The van der Waals surface area contributed by atoms with E-state index >= 15 is 0 Å². The Hall–Kier alpha value is -2.82. The predicted molar refractivity (Wildman–Crippen MR) is 116 cm³/mol. The molecular formula is C24H29N3O2. The Bertz CT molecular complexity index is 916. The zero-order valence-corrected chi connectivity index (χ0v) is 17.4. The van der Waals surface area contributed by atoms with Gasteiger partial charge in [0.05, 0.1) is 0 Å². The number of nitrogens with zero attached hydrogens (tertiary/aromatic N) is 3. The lowest BCUT2D eigenvalue weighted by Gasteiger charge is -2.37. The number of aryl methyl sites for hydroxylation is 2. The molecule has 1 fully saturated rings. The lowest BCUT2D eigenvalue weighted by Crippen LogP contribution is -2.50. The number of amides is 2. The van der Waals surface area contributed by atoms with E-state index in [9.17, 15) is 9.59 Å². The Morgan fingerprint density at radius 1 is 0.828 bits per heavy atom. The van der Waals surface area contributed by atoms with Crippen molar-refractivity contribution >= 4 is 23.2 Å². The molecule has 2 aliphatic heterocycles. The lowest BCUT2D eigenvalue weighted by molar-refractivity contribution is -0.135. The van der Waals surface area contributed by atoms with Gasteiger partial charge in [-0.25, -0.2) is 0 Å². The minimum atomic E-state index is -0.0842. The van der Waals surface area contributed by atoms with Crippen LogP contribution >= 0.6 is 0 Å². The van der Waals surface area contributed by atoms with Gasteiger partial charge in [-0.15, -0.1) is 0 Å². The third-order valence-corrected chi connectivity index (χ3v) is 6.26. The van der Waals surface area contributed by atoms with E-state index in [2.05, 4.69) is 43.0 Å². The van der Waals surface area contributed by atoms with Crippen molar-refractivity contribution in [2.75, 3.05) is 42.5 Å². The van der Waals surface area contributed by atoms with Crippen molar-refractivity contribution in [3.8, 4) is 0 Å². The number of hydrogen-bond donors (Lipinski definition) is 0. The average molecular weight is 392 g/mol. The van der Waals surface area contributed by atoms with Gasteiger partial charge in [0.2, 0.25) is 11.8 Å². The first kappa shape index (κ1) is 19.5. The van der Waals surface area contributed by atoms with Gasteiger partial charge in [0.25, 0.3) is 0 Å². The first-order valence-electron chi connectivity index (χ1n) is 10.5. The highest BCUT2D eigenvalue weighted by molar-refractivity contribution is 6.05. The van der Waals surface area contributed by atoms with Crippen LogP contribution < -0.4 is 9.80 Å². The Kier molecular flexibility index (Phi) is 5.56. The summed E-state index contributed by atoms with van der Waals surface area (Å²) in [5.74, 6) is -0.141. The van der Waals surface area contributed by atoms with Gasteiger partial charge in [-0.05, 0) is 55.5 Å². The summed E-state index contributed by atoms with van der Waals surface area (Å²) in [6, 6.07) is 14.4. The fraction of sp³-hybridized carbons (Fsp3) is 0.417. The van der Waals surface area contributed by atoms with Crippen molar-refractivity contribution < 1.29 is 9.59 Å². The van der Waals surface area contributed by atoms with E-state index in [0.29, 0.717) is 19.6 Å². The summed E-state index contributed by atoms with van der Waals surface area (Å²) >= 11 is 0. The number of carbonyl (C=O) groups excluding carboxylic acids is 2. The van der Waals surface area contributed by atoms with Gasteiger partial charge in [-0.2, -0.15) is 0 Å². The molecule has 152 valence electrons. The molecular weight excluding hydrogens is 362 g/mol. The molecule has 2 aromatic carbocycles. The zero-order valence-electron chi connectivity index (χ0n) is 17.4. The van der Waals surface area contributed by atoms with Gasteiger partial charge < -0.3 is 14.7 Å². The standard InChI is InChI=1S/C24H29N3O2/c1-18-7-5-11-21(19(18)2)25-13-15-26(16-14-25)23(28)17-24(29)27-12-6-9-20-8-3-4-10-22(20)27/h3-5,7-8,10-11H,6,9,12-17H2,1-2H3. The molecule has 4 rings (SSSR count). The van der Waals surface area contributed by atoms with E-state index in [1.165, 1.54) is 22.4 Å². The quantitative estimate of drug-likeness (QED) is 0.754. The van der Waals surface area contributed by atoms with E-state index in [-0.39, 0.29) is 18.2 Å². The smallest absolute Gasteiger partial charge is 0.236 e. The van der Waals surface area contributed by atoms with E-state index < -0.39 is 0 Å². The first-order chi connectivity index (χ1) is 14.0. The van der Waals surface area contributed by atoms with Crippen LogP contribution in [0.15, 0.2) is 42.5 Å². The van der Waals surface area contributed by atoms with Crippen LogP contribution in [0.2, 0.25) is 0 Å². The SMILES string of the molecule is Cc1cccc(N2CCN(C(=O)CC(=O)N3CCCc4ccccc43)CC2)c1C. The molecule has 0 unspecified atom stereocenters. The Morgan fingerprint density at radius 3 is 2.34 bits per heavy atom. The van der Waals surface area contributed by atoms with Crippen molar-refractivity contribution in [2.45, 2.75) is 33.1 Å². The van der Waals surface area contributed by atoms with Crippen molar-refractivity contribution in [3.05, 3.63) is 59.2 Å². The second kappa shape index (κ2) is 8.27. The third kappa shape index (κ3) is 4.00. The van der Waals surface area contributed by atoms with E-state index in [4.69, 9.17) is 0 Å². The van der Waals surface area contributed by atoms with Gasteiger partial charge in [0, 0.05) is 44.1 Å². The van der Waals surface area contributed by atoms with Crippen molar-refractivity contribution in [2.24, 2.45) is 0 Å². The Balaban J connectivity index is 1.36. The molecule has 0 radical (unpaired) electrons. The third-order valence-electron chi connectivity index (χ3n) is 6.26. The molecule has 2 aromatic rings. The summed E-state index contributed by atoms with van der Waals surface area (Å²) in [6.45, 7) is 7.91. The van der Waals surface area contributed by atoms with Crippen LogP contribution in [0.5, 0.6) is 0 Å². The normalized spacial score (nSPS) is 16.6. The van der Waals surface area contributed by atoms with Crippen molar-refractivity contribution in [1.29, 1.82) is 0 Å². The molecule has 0 bridgehead atoms. The summed E-state index contributed by atoms with van der Waals surface area (Å²) in [5, 5.41) is 0. The minimum Gasteiger partial charge on any atom is -0.368 e. The topological polar surface area (TPSA) is 43.9 Å². The number of para-hydroxylation sites is 1. The number of fused-ring (bicyclic) bond motifs is 1. The number of anilines is 2. The predicted octanol–water partition coefficient (Wildman–Crippen LogP) is 3.32. The van der Waals surface area contributed by atoms with Crippen LogP contribution in [-0.4, -0.2) is 49.4 Å². The second-order valence-electron chi connectivity index (χ2n) is 8.04. The molecule has 0 atom stereocenters. The lowest BCUT2D eigenvalue weighted by atomic mass is 10.0. The molecule has 5 nitrogen and oxygen atoms in total. The number of piperazine rings is 1. The van der Waals surface area contributed by atoms with Crippen molar-refractivity contribution in [1.82, 2.24) is 4.90 Å². The van der Waals surface area contributed by atoms with E-state index in [0.717, 1.165) is 31.6 Å². The summed E-state index contributed by atoms with van der Waals surface area (Å²) < 4.78 is 0. The van der Waals surface area contributed by atoms with Crippen molar-refractivity contribution in [3.63, 3.8) is 0 Å². The number of rotatable bonds is 3. The monoisotopic (exact) mass is 391 g/mol. The highest BCUT2D eigenvalue weighted by atomic mass is 16.2. The highest BCUT2D eigenvalue weighted by Gasteiger charge is 2.28. The van der Waals surface area contributed by atoms with Crippen LogP contribution in [0.1, 0.15) is 29.5 Å². The minimum absolute atomic E-state index is 0.0438. The summed E-state index contributed by atoms with van der Waals surface area (Å²) in [5.41, 5.74) is 6.00. The first-order valence-corrected chi connectivity index (χ1v) is 10.5. The number of hydrogen-bond acceptors (Lipinski definition) is 3. The molecule has 2 heterocycles. The van der Waals surface area contributed by atoms with Gasteiger partial charge in [0.15, 0.2) is 0 Å². The van der Waals surface area contributed by atoms with Gasteiger partial charge in [-0.3, -0.25) is 9.59 Å². The maximum Gasteiger partial charge on any atom is 0.236 e. The molecule has 5 heteroatoms. The second-order valence-corrected chi connectivity index (χ2v) is 8.04. The van der Waals surface area contributed by atoms with Crippen LogP contribution in [0.25, 0.3) is 0 Å². The summed E-state index contributed by atoms with van der Waals surface area (Å²) in [4.78, 5) is 31.6. The molecule has 29 heavy (non-hydrogen) atoms. The highest BCUT2D eigenvalue weighted by Crippen LogP contribution is 2.28. The molecule has 0 spiro atoms. The number of carbonyl (C=O) groups is 2. The maximum atomic E-state index is 12.8. The fourth-order valence-corrected chi connectivity index (χ4v) is 4.40. The summed E-state index contributed by atoms with van der Waals surface area (Å²) in [7, 11) is 0. The van der Waals surface area contributed by atoms with Gasteiger partial charge in [0.1, 0.15) is 6.42 Å². The maximum absolute atomic E-state index is 12.8. The molecule has 2 aliphatic rings. The largest absolute Gasteiger partial charge is 0.368 e.